The van der Waals surface area contributed by atoms with E-state index < -0.39 is 11.7 Å². The minimum Gasteiger partial charge on any atom is -0.379 e. The van der Waals surface area contributed by atoms with Crippen LogP contribution in [0.3, 0.4) is 0 Å². The van der Waals surface area contributed by atoms with Crippen LogP contribution in [0.1, 0.15) is 11.1 Å². The van der Waals surface area contributed by atoms with E-state index in [1.165, 1.54) is 12.1 Å². The second-order valence-electron chi connectivity index (χ2n) is 4.23. The third-order valence-electron chi connectivity index (χ3n) is 2.81. The van der Waals surface area contributed by atoms with Crippen molar-refractivity contribution in [1.29, 1.82) is 0 Å². The first-order valence-corrected chi connectivity index (χ1v) is 6.96. The molecule has 0 fully saturated rings. The molecule has 0 atom stereocenters. The maximum absolute atomic E-state index is 13.0. The lowest BCUT2D eigenvalue weighted by molar-refractivity contribution is -0.136. The number of alkyl halides is 3. The van der Waals surface area contributed by atoms with E-state index in [-0.39, 0.29) is 17.3 Å². The average Bonchev–Trinajstić information content (AvgIpc) is 2.40. The van der Waals surface area contributed by atoms with Crippen LogP contribution >= 0.6 is 34.8 Å². The van der Waals surface area contributed by atoms with Crippen LogP contribution in [0.5, 0.6) is 0 Å². The van der Waals surface area contributed by atoms with Gasteiger partial charge >= 0.3 is 6.18 Å². The maximum Gasteiger partial charge on any atom is 0.418 e. The van der Waals surface area contributed by atoms with Crippen LogP contribution in [0.2, 0.25) is 15.1 Å². The minimum atomic E-state index is -4.49. The number of rotatable bonds is 3. The molecule has 21 heavy (non-hydrogen) atoms. The summed E-state index contributed by atoms with van der Waals surface area (Å²) in [5.41, 5.74) is -0.423. The molecule has 0 heterocycles. The maximum atomic E-state index is 13.0. The van der Waals surface area contributed by atoms with Crippen molar-refractivity contribution in [3.05, 3.63) is 62.6 Å². The Labute approximate surface area is 134 Å². The van der Waals surface area contributed by atoms with Gasteiger partial charge in [-0.1, -0.05) is 53.0 Å². The molecule has 0 aromatic heterocycles. The van der Waals surface area contributed by atoms with Crippen LogP contribution in [-0.4, -0.2) is 0 Å². The summed E-state index contributed by atoms with van der Waals surface area (Å²) < 4.78 is 38.9. The Morgan fingerprint density at radius 2 is 1.52 bits per heavy atom. The van der Waals surface area contributed by atoms with Crippen LogP contribution in [0.4, 0.5) is 18.9 Å². The SMILES string of the molecule is FC(F)(F)c1cccc(Cl)c1NCc1cccc(Cl)c1Cl. The van der Waals surface area contributed by atoms with Gasteiger partial charge in [0.25, 0.3) is 0 Å². The molecule has 0 saturated carbocycles. The quantitative estimate of drug-likeness (QED) is 0.684. The van der Waals surface area contributed by atoms with Gasteiger partial charge in [-0.15, -0.1) is 0 Å². The van der Waals surface area contributed by atoms with E-state index in [2.05, 4.69) is 5.32 Å². The highest BCUT2D eigenvalue weighted by Crippen LogP contribution is 2.39. The lowest BCUT2D eigenvalue weighted by Gasteiger charge is -2.16. The van der Waals surface area contributed by atoms with Crippen molar-refractivity contribution < 1.29 is 13.2 Å². The zero-order chi connectivity index (χ0) is 15.6. The number of hydrogen-bond acceptors (Lipinski definition) is 1. The van der Waals surface area contributed by atoms with Gasteiger partial charge in [0.2, 0.25) is 0 Å². The van der Waals surface area contributed by atoms with Crippen molar-refractivity contribution in [1.82, 2.24) is 0 Å². The molecule has 2 rings (SSSR count). The summed E-state index contributed by atoms with van der Waals surface area (Å²) in [5.74, 6) is 0. The zero-order valence-electron chi connectivity index (χ0n) is 10.4. The van der Waals surface area contributed by atoms with Crippen LogP contribution in [-0.2, 0) is 12.7 Å². The Balaban J connectivity index is 2.30. The van der Waals surface area contributed by atoms with Crippen molar-refractivity contribution >= 4 is 40.5 Å². The molecule has 0 aliphatic carbocycles. The molecule has 0 unspecified atom stereocenters. The van der Waals surface area contributed by atoms with Crippen molar-refractivity contribution in [3.63, 3.8) is 0 Å². The van der Waals surface area contributed by atoms with E-state index >= 15 is 0 Å². The first-order valence-electron chi connectivity index (χ1n) is 5.83. The number of benzene rings is 2. The van der Waals surface area contributed by atoms with Crippen LogP contribution in [0, 0.1) is 0 Å². The summed E-state index contributed by atoms with van der Waals surface area (Å²) in [5, 5.41) is 3.30. The van der Waals surface area contributed by atoms with Crippen molar-refractivity contribution in [3.8, 4) is 0 Å². The lowest BCUT2D eigenvalue weighted by atomic mass is 10.1. The molecule has 0 radical (unpaired) electrons. The topological polar surface area (TPSA) is 12.0 Å². The molecule has 0 amide bonds. The molecule has 2 aromatic rings. The lowest BCUT2D eigenvalue weighted by Crippen LogP contribution is -2.11. The van der Waals surface area contributed by atoms with Gasteiger partial charge < -0.3 is 5.32 Å². The molecule has 0 aliphatic heterocycles. The molecular weight excluding hydrogens is 346 g/mol. The van der Waals surface area contributed by atoms with Crippen LogP contribution in [0.25, 0.3) is 0 Å². The summed E-state index contributed by atoms with van der Waals surface area (Å²) in [6.45, 7) is 0.0756. The molecule has 0 bridgehead atoms. The molecule has 2 aromatic carbocycles. The van der Waals surface area contributed by atoms with Crippen molar-refractivity contribution in [2.24, 2.45) is 0 Å². The molecule has 1 nitrogen and oxygen atoms in total. The van der Waals surface area contributed by atoms with Gasteiger partial charge in [0.05, 0.1) is 26.3 Å². The molecule has 112 valence electrons. The third kappa shape index (κ3) is 3.76. The van der Waals surface area contributed by atoms with Gasteiger partial charge in [0.1, 0.15) is 0 Å². The van der Waals surface area contributed by atoms with Gasteiger partial charge in [0.15, 0.2) is 0 Å². The predicted octanol–water partition coefficient (Wildman–Crippen LogP) is 6.28. The summed E-state index contributed by atoms with van der Waals surface area (Å²) in [6, 6.07) is 8.55. The number of hydrogen-bond donors (Lipinski definition) is 1. The van der Waals surface area contributed by atoms with Crippen LogP contribution in [0.15, 0.2) is 36.4 Å². The molecule has 0 spiro atoms. The second-order valence-corrected chi connectivity index (χ2v) is 5.42. The average molecular weight is 355 g/mol. The van der Waals surface area contributed by atoms with Gasteiger partial charge in [-0.2, -0.15) is 13.2 Å². The smallest absolute Gasteiger partial charge is 0.379 e. The fraction of sp³-hybridized carbons (Fsp3) is 0.143. The van der Waals surface area contributed by atoms with Crippen LogP contribution < -0.4 is 5.32 Å². The summed E-state index contributed by atoms with van der Waals surface area (Å²) >= 11 is 17.7. The van der Waals surface area contributed by atoms with E-state index in [9.17, 15) is 13.2 Å². The van der Waals surface area contributed by atoms with E-state index in [4.69, 9.17) is 34.8 Å². The van der Waals surface area contributed by atoms with E-state index in [1.54, 1.807) is 18.2 Å². The minimum absolute atomic E-state index is 0.0111. The molecule has 7 heteroatoms. The monoisotopic (exact) mass is 353 g/mol. The Kier molecular flexibility index (Phi) is 4.91. The van der Waals surface area contributed by atoms with E-state index in [1.807, 2.05) is 0 Å². The molecular formula is C14H9Cl3F3N. The largest absolute Gasteiger partial charge is 0.418 e. The van der Waals surface area contributed by atoms with Crippen molar-refractivity contribution in [2.45, 2.75) is 12.7 Å². The zero-order valence-corrected chi connectivity index (χ0v) is 12.7. The molecule has 0 saturated heterocycles. The van der Waals surface area contributed by atoms with Gasteiger partial charge in [-0.25, -0.2) is 0 Å². The first kappa shape index (κ1) is 16.3. The van der Waals surface area contributed by atoms with Gasteiger partial charge in [0, 0.05) is 6.54 Å². The normalized spacial score (nSPS) is 11.5. The third-order valence-corrected chi connectivity index (χ3v) is 3.98. The fourth-order valence-electron chi connectivity index (χ4n) is 1.81. The van der Waals surface area contributed by atoms with Gasteiger partial charge in [-0.05, 0) is 23.8 Å². The Morgan fingerprint density at radius 3 is 2.19 bits per heavy atom. The molecule has 1 N–H and O–H groups in total. The highest BCUT2D eigenvalue weighted by Gasteiger charge is 2.34. The highest BCUT2D eigenvalue weighted by molar-refractivity contribution is 6.42. The number of halogens is 6. The van der Waals surface area contributed by atoms with Gasteiger partial charge in [-0.3, -0.25) is 0 Å². The van der Waals surface area contributed by atoms with E-state index in [0.29, 0.717) is 15.6 Å². The highest BCUT2D eigenvalue weighted by atomic mass is 35.5. The standard InChI is InChI=1S/C14H9Cl3F3N/c15-10-5-1-3-8(12(10)17)7-21-13-9(14(18,19)20)4-2-6-11(13)16/h1-6,21H,7H2. The summed E-state index contributed by atoms with van der Waals surface area (Å²) in [7, 11) is 0. The van der Waals surface area contributed by atoms with E-state index in [0.717, 1.165) is 6.07 Å². The summed E-state index contributed by atoms with van der Waals surface area (Å²) in [4.78, 5) is 0. The Hall–Kier alpha value is -1.10. The fourth-order valence-corrected chi connectivity index (χ4v) is 2.44. The Bertz CT molecular complexity index is 656. The summed E-state index contributed by atoms with van der Waals surface area (Å²) in [6.07, 6.45) is -4.49. The first-order chi connectivity index (χ1) is 9.80. The Morgan fingerprint density at radius 1 is 0.905 bits per heavy atom. The number of anilines is 1. The number of para-hydroxylation sites is 1. The van der Waals surface area contributed by atoms with Crippen molar-refractivity contribution in [2.75, 3.05) is 5.32 Å². The predicted molar refractivity (Wildman–Crippen MR) is 80.2 cm³/mol. The molecule has 0 aliphatic rings. The second kappa shape index (κ2) is 6.34. The number of nitrogens with one attached hydrogen (secondary N) is 1.